The summed E-state index contributed by atoms with van der Waals surface area (Å²) in [5.41, 5.74) is -0.220. The first kappa shape index (κ1) is 11.9. The minimum Gasteiger partial charge on any atom is -0.378 e. The van der Waals surface area contributed by atoms with Gasteiger partial charge in [-0.05, 0) is 19.9 Å². The molecule has 3 aliphatic heterocycles. The summed E-state index contributed by atoms with van der Waals surface area (Å²) in [5.74, 6) is 0. The van der Waals surface area contributed by atoms with Crippen molar-refractivity contribution in [3.05, 3.63) is 0 Å². The van der Waals surface area contributed by atoms with Gasteiger partial charge in [-0.2, -0.15) is 0 Å². The maximum Gasteiger partial charge on any atom is 0.142 e. The van der Waals surface area contributed by atoms with E-state index < -0.39 is 0 Å². The summed E-state index contributed by atoms with van der Waals surface area (Å²) in [5, 5.41) is 3.56. The van der Waals surface area contributed by atoms with E-state index in [-0.39, 0.29) is 11.3 Å². The molecule has 1 N–H and O–H groups in total. The second-order valence-electron chi connectivity index (χ2n) is 5.49. The molecule has 0 aromatic rings. The summed E-state index contributed by atoms with van der Waals surface area (Å²) in [6.07, 6.45) is 2.12. The van der Waals surface area contributed by atoms with Crippen LogP contribution in [0.5, 0.6) is 0 Å². The summed E-state index contributed by atoms with van der Waals surface area (Å²) >= 11 is 0. The maximum atomic E-state index is 6.11. The summed E-state index contributed by atoms with van der Waals surface area (Å²) in [6, 6.07) is 0. The molecule has 0 aromatic carbocycles. The number of likely N-dealkylation sites (N-methyl/N-ethyl adjacent to an activating group) is 1. The lowest BCUT2D eigenvalue weighted by molar-refractivity contribution is -0.216. The van der Waals surface area contributed by atoms with Gasteiger partial charge in [0.2, 0.25) is 0 Å². The summed E-state index contributed by atoms with van der Waals surface area (Å²) in [7, 11) is 2.16. The highest BCUT2D eigenvalue weighted by Gasteiger charge is 2.47. The minimum absolute atomic E-state index is 0.0148. The average Bonchev–Trinajstić information content (AvgIpc) is 2.38. The van der Waals surface area contributed by atoms with Gasteiger partial charge in [0.15, 0.2) is 0 Å². The van der Waals surface area contributed by atoms with Crippen LogP contribution in [0.1, 0.15) is 12.8 Å². The molecule has 3 saturated heterocycles. The Balaban J connectivity index is 1.66. The topological polar surface area (TPSA) is 43.0 Å². The Morgan fingerprint density at radius 2 is 2.00 bits per heavy atom. The number of nitrogens with zero attached hydrogens (tertiary/aromatic N) is 1. The lowest BCUT2D eigenvalue weighted by Gasteiger charge is -2.53. The molecule has 0 aromatic heterocycles. The molecule has 0 aliphatic carbocycles. The molecule has 0 radical (unpaired) electrons. The van der Waals surface area contributed by atoms with Crippen LogP contribution in [0.15, 0.2) is 0 Å². The first-order chi connectivity index (χ1) is 8.25. The third kappa shape index (κ3) is 2.11. The fourth-order valence-corrected chi connectivity index (χ4v) is 2.87. The highest BCUT2D eigenvalue weighted by molar-refractivity contribution is 5.00. The van der Waals surface area contributed by atoms with E-state index in [1.807, 2.05) is 0 Å². The van der Waals surface area contributed by atoms with Crippen molar-refractivity contribution >= 4 is 0 Å². The summed E-state index contributed by atoms with van der Waals surface area (Å²) in [6.45, 7) is 5.76. The van der Waals surface area contributed by atoms with Gasteiger partial charge < -0.3 is 14.2 Å². The van der Waals surface area contributed by atoms with Crippen molar-refractivity contribution in [1.29, 1.82) is 0 Å². The van der Waals surface area contributed by atoms with Crippen LogP contribution < -0.4 is 5.32 Å². The van der Waals surface area contributed by atoms with E-state index in [1.165, 1.54) is 0 Å². The van der Waals surface area contributed by atoms with Gasteiger partial charge in [0.25, 0.3) is 0 Å². The SMILES string of the molecule is CN1CCOCC12CNC1(CCCOC1)OC2. The van der Waals surface area contributed by atoms with Crippen molar-refractivity contribution < 1.29 is 14.2 Å². The molecule has 2 spiro atoms. The van der Waals surface area contributed by atoms with E-state index in [1.54, 1.807) is 0 Å². The second kappa shape index (κ2) is 4.48. The van der Waals surface area contributed by atoms with E-state index in [9.17, 15) is 0 Å². The van der Waals surface area contributed by atoms with Gasteiger partial charge >= 0.3 is 0 Å². The standard InChI is InChI=1S/C12H22N2O3/c1-14-4-6-16-8-11(14)7-13-12(17-9-11)3-2-5-15-10-12/h13H,2-10H2,1H3. The average molecular weight is 242 g/mol. The first-order valence-electron chi connectivity index (χ1n) is 6.51. The highest BCUT2D eigenvalue weighted by Crippen LogP contribution is 2.30. The largest absolute Gasteiger partial charge is 0.378 e. The quantitative estimate of drug-likeness (QED) is 0.638. The molecule has 0 amide bonds. The number of morpholine rings is 1. The predicted octanol–water partition coefficient (Wildman–Crippen LogP) is -0.186. The maximum absolute atomic E-state index is 6.11. The molecular formula is C12H22N2O3. The first-order valence-corrected chi connectivity index (χ1v) is 6.51. The fourth-order valence-electron chi connectivity index (χ4n) is 2.87. The molecule has 3 rings (SSSR count). The van der Waals surface area contributed by atoms with E-state index in [0.29, 0.717) is 6.61 Å². The third-order valence-electron chi connectivity index (χ3n) is 4.31. The Morgan fingerprint density at radius 3 is 2.65 bits per heavy atom. The minimum atomic E-state index is -0.234. The molecule has 3 fully saturated rings. The molecule has 98 valence electrons. The highest BCUT2D eigenvalue weighted by atomic mass is 16.6. The monoisotopic (exact) mass is 242 g/mol. The molecule has 3 heterocycles. The lowest BCUT2D eigenvalue weighted by atomic mass is 9.93. The number of hydrogen-bond donors (Lipinski definition) is 1. The smallest absolute Gasteiger partial charge is 0.142 e. The predicted molar refractivity (Wildman–Crippen MR) is 62.9 cm³/mol. The summed E-state index contributed by atoms with van der Waals surface area (Å²) < 4.78 is 17.3. The van der Waals surface area contributed by atoms with Gasteiger partial charge in [-0.15, -0.1) is 0 Å². The van der Waals surface area contributed by atoms with Crippen LogP contribution in [0, 0.1) is 0 Å². The van der Waals surface area contributed by atoms with Crippen LogP contribution in [-0.4, -0.2) is 69.3 Å². The Bertz CT molecular complexity index is 269. The Morgan fingerprint density at radius 1 is 1.12 bits per heavy atom. The van der Waals surface area contributed by atoms with Gasteiger partial charge in [-0.3, -0.25) is 10.2 Å². The fraction of sp³-hybridized carbons (Fsp3) is 1.00. The van der Waals surface area contributed by atoms with Crippen LogP contribution in [0.4, 0.5) is 0 Å². The molecule has 2 unspecified atom stereocenters. The van der Waals surface area contributed by atoms with Crippen LogP contribution in [0.25, 0.3) is 0 Å². The molecular weight excluding hydrogens is 220 g/mol. The van der Waals surface area contributed by atoms with E-state index in [4.69, 9.17) is 14.2 Å². The zero-order valence-corrected chi connectivity index (χ0v) is 10.5. The number of ether oxygens (including phenoxy) is 3. The van der Waals surface area contributed by atoms with Crippen LogP contribution in [0.2, 0.25) is 0 Å². The lowest BCUT2D eigenvalue weighted by Crippen LogP contribution is -2.72. The Kier molecular flexibility index (Phi) is 3.13. The number of rotatable bonds is 0. The van der Waals surface area contributed by atoms with Gasteiger partial charge in [0, 0.05) is 19.7 Å². The van der Waals surface area contributed by atoms with Crippen molar-refractivity contribution in [1.82, 2.24) is 10.2 Å². The van der Waals surface area contributed by atoms with E-state index >= 15 is 0 Å². The van der Waals surface area contributed by atoms with Crippen molar-refractivity contribution in [3.8, 4) is 0 Å². The third-order valence-corrected chi connectivity index (χ3v) is 4.31. The number of hydrogen-bond acceptors (Lipinski definition) is 5. The van der Waals surface area contributed by atoms with Crippen molar-refractivity contribution in [2.45, 2.75) is 24.1 Å². The van der Waals surface area contributed by atoms with Crippen LogP contribution in [-0.2, 0) is 14.2 Å². The van der Waals surface area contributed by atoms with Crippen LogP contribution in [0.3, 0.4) is 0 Å². The Hall–Kier alpha value is -0.200. The van der Waals surface area contributed by atoms with Gasteiger partial charge in [-0.1, -0.05) is 0 Å². The zero-order chi connectivity index (χ0) is 11.8. The van der Waals surface area contributed by atoms with Crippen molar-refractivity contribution in [2.75, 3.05) is 53.2 Å². The molecule has 17 heavy (non-hydrogen) atoms. The molecule has 0 bridgehead atoms. The molecule has 3 aliphatic rings. The summed E-state index contributed by atoms with van der Waals surface area (Å²) in [4.78, 5) is 2.36. The van der Waals surface area contributed by atoms with Gasteiger partial charge in [0.1, 0.15) is 5.72 Å². The zero-order valence-electron chi connectivity index (χ0n) is 10.5. The molecule has 2 atom stereocenters. The van der Waals surface area contributed by atoms with Crippen LogP contribution >= 0.6 is 0 Å². The molecule has 0 saturated carbocycles. The number of nitrogens with one attached hydrogen (secondary N) is 1. The second-order valence-corrected chi connectivity index (χ2v) is 5.49. The molecule has 5 nitrogen and oxygen atoms in total. The molecule has 5 heteroatoms. The van der Waals surface area contributed by atoms with Crippen molar-refractivity contribution in [2.24, 2.45) is 0 Å². The van der Waals surface area contributed by atoms with Gasteiger partial charge in [0.05, 0.1) is 32.0 Å². The van der Waals surface area contributed by atoms with E-state index in [2.05, 4.69) is 17.3 Å². The van der Waals surface area contributed by atoms with Crippen molar-refractivity contribution in [3.63, 3.8) is 0 Å². The van der Waals surface area contributed by atoms with Gasteiger partial charge in [-0.25, -0.2) is 0 Å². The Labute approximate surface area is 102 Å². The van der Waals surface area contributed by atoms with E-state index in [0.717, 1.165) is 52.4 Å². The normalized spacial score (nSPS) is 44.3.